The average Bonchev–Trinajstić information content (AvgIpc) is 2.36. The van der Waals surface area contributed by atoms with Gasteiger partial charge in [0.1, 0.15) is 0 Å². The molecule has 0 saturated heterocycles. The fourth-order valence-electron chi connectivity index (χ4n) is 1.62. The topological polar surface area (TPSA) is 38.3 Å². The normalized spacial score (nSPS) is 10.4. The Bertz CT molecular complexity index is 388. The molecule has 1 N–H and O–H groups in total. The van der Waals surface area contributed by atoms with Crippen LogP contribution < -0.4 is 5.32 Å². The summed E-state index contributed by atoms with van der Waals surface area (Å²) < 4.78 is 5.22. The Morgan fingerprint density at radius 1 is 1.22 bits per heavy atom. The second-order valence-corrected chi connectivity index (χ2v) is 4.54. The number of esters is 1. The fourth-order valence-corrected chi connectivity index (χ4v) is 1.62. The first-order valence-electron chi connectivity index (χ1n) is 6.60. The van der Waals surface area contributed by atoms with Crippen LogP contribution in [0.2, 0.25) is 0 Å². The van der Waals surface area contributed by atoms with Crippen molar-refractivity contribution >= 4 is 5.97 Å². The maximum atomic E-state index is 11.8. The molecule has 1 rings (SSSR count). The summed E-state index contributed by atoms with van der Waals surface area (Å²) in [6.07, 6.45) is 1.99. The first-order chi connectivity index (χ1) is 8.65. The van der Waals surface area contributed by atoms with Gasteiger partial charge in [-0.15, -0.1) is 0 Å². The zero-order valence-corrected chi connectivity index (χ0v) is 11.6. The third kappa shape index (κ3) is 4.88. The molecule has 0 amide bonds. The molecule has 18 heavy (non-hydrogen) atoms. The molecule has 0 fully saturated rings. The van der Waals surface area contributed by atoms with Gasteiger partial charge >= 0.3 is 5.97 Å². The summed E-state index contributed by atoms with van der Waals surface area (Å²) in [4.78, 5) is 11.8. The molecule has 100 valence electrons. The average molecular weight is 249 g/mol. The molecule has 0 atom stereocenters. The van der Waals surface area contributed by atoms with Gasteiger partial charge in [0, 0.05) is 0 Å². The lowest BCUT2D eigenvalue weighted by atomic mass is 10.1. The molecule has 0 aliphatic heterocycles. The number of ether oxygens (including phenoxy) is 1. The van der Waals surface area contributed by atoms with Gasteiger partial charge in [0.05, 0.1) is 12.2 Å². The highest BCUT2D eigenvalue weighted by molar-refractivity contribution is 5.89. The second-order valence-electron chi connectivity index (χ2n) is 4.54. The number of hydrogen-bond donors (Lipinski definition) is 1. The second kappa shape index (κ2) is 7.88. The number of rotatable bonds is 7. The Morgan fingerprint density at radius 2 is 2.00 bits per heavy atom. The van der Waals surface area contributed by atoms with E-state index in [-0.39, 0.29) is 5.97 Å². The molecule has 0 bridgehead atoms. The van der Waals surface area contributed by atoms with Crippen LogP contribution in [0, 0.1) is 13.8 Å². The Hall–Kier alpha value is -1.35. The Labute approximate surface area is 110 Å². The molecule has 1 aromatic carbocycles. The van der Waals surface area contributed by atoms with Gasteiger partial charge in [-0.1, -0.05) is 13.0 Å². The molecule has 1 aromatic rings. The number of carbonyl (C=O) groups is 1. The monoisotopic (exact) mass is 249 g/mol. The van der Waals surface area contributed by atoms with Crippen molar-refractivity contribution in [3.8, 4) is 0 Å². The Balaban J connectivity index is 2.30. The molecule has 0 aromatic heterocycles. The lowest BCUT2D eigenvalue weighted by Crippen LogP contribution is -2.18. The maximum absolute atomic E-state index is 11.8. The van der Waals surface area contributed by atoms with E-state index in [9.17, 15) is 4.79 Å². The van der Waals surface area contributed by atoms with Crippen molar-refractivity contribution in [2.75, 3.05) is 19.7 Å². The smallest absolute Gasteiger partial charge is 0.338 e. The number of benzene rings is 1. The molecule has 3 nitrogen and oxygen atoms in total. The van der Waals surface area contributed by atoms with Gasteiger partial charge in [0.25, 0.3) is 0 Å². The summed E-state index contributed by atoms with van der Waals surface area (Å²) in [7, 11) is 0. The molecule has 0 aliphatic carbocycles. The first-order valence-corrected chi connectivity index (χ1v) is 6.60. The van der Waals surface area contributed by atoms with Crippen molar-refractivity contribution in [1.29, 1.82) is 0 Å². The zero-order valence-electron chi connectivity index (χ0n) is 11.6. The predicted molar refractivity (Wildman–Crippen MR) is 74.0 cm³/mol. The number of nitrogens with one attached hydrogen (secondary N) is 1. The van der Waals surface area contributed by atoms with E-state index in [1.165, 1.54) is 5.56 Å². The van der Waals surface area contributed by atoms with Crippen LogP contribution in [0.1, 0.15) is 41.3 Å². The highest BCUT2D eigenvalue weighted by atomic mass is 16.5. The molecule has 0 heterocycles. The van der Waals surface area contributed by atoms with E-state index in [0.717, 1.165) is 31.5 Å². The van der Waals surface area contributed by atoms with Crippen LogP contribution in [-0.4, -0.2) is 25.7 Å². The van der Waals surface area contributed by atoms with Crippen molar-refractivity contribution < 1.29 is 9.53 Å². The molecular weight excluding hydrogens is 226 g/mol. The minimum atomic E-state index is -0.228. The summed E-state index contributed by atoms with van der Waals surface area (Å²) in [5, 5.41) is 3.27. The van der Waals surface area contributed by atoms with E-state index in [2.05, 4.69) is 12.2 Å². The van der Waals surface area contributed by atoms with Crippen LogP contribution in [0.25, 0.3) is 0 Å². The third-order valence-electron chi connectivity index (χ3n) is 2.90. The van der Waals surface area contributed by atoms with Gasteiger partial charge in [-0.3, -0.25) is 0 Å². The van der Waals surface area contributed by atoms with Crippen molar-refractivity contribution in [2.45, 2.75) is 33.6 Å². The zero-order chi connectivity index (χ0) is 13.4. The van der Waals surface area contributed by atoms with E-state index in [0.29, 0.717) is 12.2 Å². The number of carbonyl (C=O) groups excluding carboxylic acids is 1. The summed E-state index contributed by atoms with van der Waals surface area (Å²) in [5.74, 6) is -0.228. The van der Waals surface area contributed by atoms with Gasteiger partial charge in [-0.25, -0.2) is 4.79 Å². The van der Waals surface area contributed by atoms with E-state index in [1.54, 1.807) is 0 Å². The standard InChI is InChI=1S/C15H23NO2/c1-4-8-16-9-5-10-18-15(17)14-7-6-12(2)13(3)11-14/h6-7,11,16H,4-5,8-10H2,1-3H3. The Kier molecular flexibility index (Phi) is 6.44. The summed E-state index contributed by atoms with van der Waals surface area (Å²) in [6, 6.07) is 5.65. The highest BCUT2D eigenvalue weighted by Crippen LogP contribution is 2.10. The lowest BCUT2D eigenvalue weighted by Gasteiger charge is -2.07. The number of aryl methyl sites for hydroxylation is 2. The van der Waals surface area contributed by atoms with Gasteiger partial charge in [-0.2, -0.15) is 0 Å². The fraction of sp³-hybridized carbons (Fsp3) is 0.533. The van der Waals surface area contributed by atoms with Crippen molar-refractivity contribution in [1.82, 2.24) is 5.32 Å². The summed E-state index contributed by atoms with van der Waals surface area (Å²) >= 11 is 0. The van der Waals surface area contributed by atoms with Crippen molar-refractivity contribution in [3.05, 3.63) is 34.9 Å². The van der Waals surface area contributed by atoms with Crippen molar-refractivity contribution in [3.63, 3.8) is 0 Å². The van der Waals surface area contributed by atoms with E-state index in [1.807, 2.05) is 32.0 Å². The predicted octanol–water partition coefficient (Wildman–Crippen LogP) is 2.85. The molecule has 3 heteroatoms. The summed E-state index contributed by atoms with van der Waals surface area (Å²) in [5.41, 5.74) is 2.95. The molecule has 0 unspecified atom stereocenters. The van der Waals surface area contributed by atoms with Crippen LogP contribution in [0.4, 0.5) is 0 Å². The SMILES string of the molecule is CCCNCCCOC(=O)c1ccc(C)c(C)c1. The van der Waals surface area contributed by atoms with Crippen LogP contribution >= 0.6 is 0 Å². The van der Waals surface area contributed by atoms with E-state index in [4.69, 9.17) is 4.74 Å². The molecule has 0 aliphatic rings. The lowest BCUT2D eigenvalue weighted by molar-refractivity contribution is 0.0500. The first kappa shape index (κ1) is 14.7. The molecule has 0 saturated carbocycles. The highest BCUT2D eigenvalue weighted by Gasteiger charge is 2.07. The molecular formula is C15H23NO2. The minimum Gasteiger partial charge on any atom is -0.462 e. The third-order valence-corrected chi connectivity index (χ3v) is 2.90. The molecule has 0 spiro atoms. The van der Waals surface area contributed by atoms with Gasteiger partial charge < -0.3 is 10.1 Å². The largest absolute Gasteiger partial charge is 0.462 e. The quantitative estimate of drug-likeness (QED) is 0.596. The van der Waals surface area contributed by atoms with E-state index >= 15 is 0 Å². The number of hydrogen-bond acceptors (Lipinski definition) is 3. The summed E-state index contributed by atoms with van der Waals surface area (Å²) in [6.45, 7) is 8.55. The van der Waals surface area contributed by atoms with Crippen LogP contribution in [-0.2, 0) is 4.74 Å². The van der Waals surface area contributed by atoms with Gasteiger partial charge in [-0.05, 0) is 63.0 Å². The van der Waals surface area contributed by atoms with Gasteiger partial charge in [0.2, 0.25) is 0 Å². The van der Waals surface area contributed by atoms with Gasteiger partial charge in [0.15, 0.2) is 0 Å². The van der Waals surface area contributed by atoms with Crippen LogP contribution in [0.15, 0.2) is 18.2 Å². The Morgan fingerprint density at radius 3 is 2.67 bits per heavy atom. The van der Waals surface area contributed by atoms with E-state index < -0.39 is 0 Å². The van der Waals surface area contributed by atoms with Crippen LogP contribution in [0.3, 0.4) is 0 Å². The molecule has 0 radical (unpaired) electrons. The maximum Gasteiger partial charge on any atom is 0.338 e. The van der Waals surface area contributed by atoms with Crippen molar-refractivity contribution in [2.24, 2.45) is 0 Å². The minimum absolute atomic E-state index is 0.228. The van der Waals surface area contributed by atoms with Crippen LogP contribution in [0.5, 0.6) is 0 Å².